The highest BCUT2D eigenvalue weighted by atomic mass is 16.3. The molecule has 2 N–H and O–H groups in total. The Kier molecular flexibility index (Phi) is 1.57. The molecule has 1 aliphatic carbocycles. The molecule has 0 spiro atoms. The van der Waals surface area contributed by atoms with Crippen molar-refractivity contribution >= 4 is 11.4 Å². The van der Waals surface area contributed by atoms with E-state index in [-0.39, 0.29) is 0 Å². The standard InChI is InChI=1S/C9H10N2O/c10-9-7(6-4-5-6)2-1-3-8(9)11-12/h1-3,6H,4-5,10H2. The monoisotopic (exact) mass is 162 g/mol. The largest absolute Gasteiger partial charge is 0.397 e. The van der Waals surface area contributed by atoms with Gasteiger partial charge in [0, 0.05) is 0 Å². The van der Waals surface area contributed by atoms with Gasteiger partial charge in [-0.25, -0.2) is 0 Å². The van der Waals surface area contributed by atoms with Crippen molar-refractivity contribution in [1.82, 2.24) is 0 Å². The van der Waals surface area contributed by atoms with Crippen LogP contribution in [0.15, 0.2) is 23.4 Å². The molecule has 0 unspecified atom stereocenters. The normalized spacial score (nSPS) is 16.0. The van der Waals surface area contributed by atoms with Crippen molar-refractivity contribution in [2.45, 2.75) is 18.8 Å². The summed E-state index contributed by atoms with van der Waals surface area (Å²) in [6.07, 6.45) is 2.37. The van der Waals surface area contributed by atoms with Gasteiger partial charge in [0.1, 0.15) is 5.69 Å². The van der Waals surface area contributed by atoms with Gasteiger partial charge in [-0.3, -0.25) is 0 Å². The van der Waals surface area contributed by atoms with Gasteiger partial charge in [-0.2, -0.15) is 0 Å². The van der Waals surface area contributed by atoms with Crippen LogP contribution in [0.3, 0.4) is 0 Å². The number of nitrogens with two attached hydrogens (primary N) is 1. The summed E-state index contributed by atoms with van der Waals surface area (Å²) in [5.41, 5.74) is 7.77. The summed E-state index contributed by atoms with van der Waals surface area (Å²) in [5.74, 6) is 0.576. The van der Waals surface area contributed by atoms with Crippen LogP contribution < -0.4 is 5.73 Å². The van der Waals surface area contributed by atoms with Crippen molar-refractivity contribution in [1.29, 1.82) is 0 Å². The highest BCUT2D eigenvalue weighted by Gasteiger charge is 2.26. The molecule has 3 heteroatoms. The van der Waals surface area contributed by atoms with E-state index in [1.165, 1.54) is 12.8 Å². The zero-order valence-electron chi connectivity index (χ0n) is 6.66. The summed E-state index contributed by atoms with van der Waals surface area (Å²) >= 11 is 0. The number of nitroso groups, excluding NO2 is 1. The Morgan fingerprint density at radius 1 is 1.42 bits per heavy atom. The van der Waals surface area contributed by atoms with Crippen LogP contribution in [0.1, 0.15) is 24.3 Å². The first-order valence-electron chi connectivity index (χ1n) is 4.04. The maximum absolute atomic E-state index is 10.3. The molecule has 1 aliphatic rings. The van der Waals surface area contributed by atoms with Crippen molar-refractivity contribution in [3.05, 3.63) is 28.7 Å². The first-order valence-corrected chi connectivity index (χ1v) is 4.04. The second-order valence-electron chi connectivity index (χ2n) is 3.15. The number of nitrogen functional groups attached to an aromatic ring is 1. The summed E-state index contributed by atoms with van der Waals surface area (Å²) in [4.78, 5) is 10.3. The molecule has 12 heavy (non-hydrogen) atoms. The van der Waals surface area contributed by atoms with Gasteiger partial charge in [0.15, 0.2) is 0 Å². The molecule has 0 bridgehead atoms. The van der Waals surface area contributed by atoms with Gasteiger partial charge in [0.25, 0.3) is 0 Å². The Hall–Kier alpha value is -1.38. The Morgan fingerprint density at radius 3 is 2.75 bits per heavy atom. The van der Waals surface area contributed by atoms with Gasteiger partial charge < -0.3 is 5.73 Å². The fourth-order valence-electron chi connectivity index (χ4n) is 1.40. The number of rotatable bonds is 2. The van der Waals surface area contributed by atoms with Crippen LogP contribution in [0.5, 0.6) is 0 Å². The van der Waals surface area contributed by atoms with E-state index >= 15 is 0 Å². The second-order valence-corrected chi connectivity index (χ2v) is 3.15. The first kappa shape index (κ1) is 7.28. The summed E-state index contributed by atoms with van der Waals surface area (Å²) in [6, 6.07) is 5.46. The zero-order chi connectivity index (χ0) is 8.55. The molecule has 1 saturated carbocycles. The second kappa shape index (κ2) is 2.59. The number of hydrogen-bond acceptors (Lipinski definition) is 3. The highest BCUT2D eigenvalue weighted by Crippen LogP contribution is 2.44. The molecule has 1 fully saturated rings. The van der Waals surface area contributed by atoms with E-state index in [0.717, 1.165) is 5.56 Å². The van der Waals surface area contributed by atoms with E-state index in [9.17, 15) is 4.91 Å². The topological polar surface area (TPSA) is 55.4 Å². The average Bonchev–Trinajstić information content (AvgIpc) is 2.88. The summed E-state index contributed by atoms with van der Waals surface area (Å²) in [6.45, 7) is 0. The molecule has 0 saturated heterocycles. The summed E-state index contributed by atoms with van der Waals surface area (Å²) < 4.78 is 0. The van der Waals surface area contributed by atoms with Gasteiger partial charge in [-0.15, -0.1) is 4.91 Å². The lowest BCUT2D eigenvalue weighted by Crippen LogP contribution is -1.91. The molecule has 0 radical (unpaired) electrons. The van der Waals surface area contributed by atoms with E-state index in [0.29, 0.717) is 17.3 Å². The van der Waals surface area contributed by atoms with E-state index in [2.05, 4.69) is 5.18 Å². The van der Waals surface area contributed by atoms with Gasteiger partial charge in [-0.1, -0.05) is 12.1 Å². The molecule has 0 aliphatic heterocycles. The van der Waals surface area contributed by atoms with E-state index in [1.54, 1.807) is 6.07 Å². The molecule has 1 aromatic rings. The molecule has 0 atom stereocenters. The number of benzene rings is 1. The minimum absolute atomic E-state index is 0.374. The van der Waals surface area contributed by atoms with Crippen LogP contribution in [-0.2, 0) is 0 Å². The average molecular weight is 162 g/mol. The van der Waals surface area contributed by atoms with Gasteiger partial charge in [0.2, 0.25) is 0 Å². The molecule has 3 nitrogen and oxygen atoms in total. The minimum Gasteiger partial charge on any atom is -0.397 e. The summed E-state index contributed by atoms with van der Waals surface area (Å²) in [5, 5.41) is 2.87. The summed E-state index contributed by atoms with van der Waals surface area (Å²) in [7, 11) is 0. The molecule has 0 heterocycles. The Balaban J connectivity index is 2.47. The number of nitrogens with zero attached hydrogens (tertiary/aromatic N) is 1. The zero-order valence-corrected chi connectivity index (χ0v) is 6.66. The lowest BCUT2D eigenvalue weighted by Gasteiger charge is -2.03. The fourth-order valence-corrected chi connectivity index (χ4v) is 1.40. The first-order chi connectivity index (χ1) is 5.83. The quantitative estimate of drug-likeness (QED) is 0.536. The van der Waals surface area contributed by atoms with Crippen molar-refractivity contribution in [3.8, 4) is 0 Å². The lowest BCUT2D eigenvalue weighted by atomic mass is 10.1. The predicted molar refractivity (Wildman–Crippen MR) is 48.3 cm³/mol. The predicted octanol–water partition coefficient (Wildman–Crippen LogP) is 2.54. The van der Waals surface area contributed by atoms with Crippen LogP contribution in [0, 0.1) is 4.91 Å². The van der Waals surface area contributed by atoms with Crippen LogP contribution in [0.2, 0.25) is 0 Å². The van der Waals surface area contributed by atoms with E-state index in [4.69, 9.17) is 5.73 Å². The van der Waals surface area contributed by atoms with Crippen molar-refractivity contribution in [2.75, 3.05) is 5.73 Å². The van der Waals surface area contributed by atoms with Crippen molar-refractivity contribution < 1.29 is 0 Å². The SMILES string of the molecule is Nc1c(N=O)cccc1C1CC1. The third-order valence-electron chi connectivity index (χ3n) is 2.23. The number of anilines is 1. The Labute approximate surface area is 70.6 Å². The molecular weight excluding hydrogens is 152 g/mol. The lowest BCUT2D eigenvalue weighted by molar-refractivity contribution is 1.13. The third kappa shape index (κ3) is 1.07. The maximum Gasteiger partial charge on any atom is 0.131 e. The van der Waals surface area contributed by atoms with Crippen molar-refractivity contribution in [3.63, 3.8) is 0 Å². The minimum atomic E-state index is 0.374. The van der Waals surface area contributed by atoms with Crippen LogP contribution >= 0.6 is 0 Å². The van der Waals surface area contributed by atoms with Crippen LogP contribution in [-0.4, -0.2) is 0 Å². The molecule has 62 valence electrons. The van der Waals surface area contributed by atoms with E-state index < -0.39 is 0 Å². The van der Waals surface area contributed by atoms with Gasteiger partial charge in [0.05, 0.1) is 5.69 Å². The highest BCUT2D eigenvalue weighted by molar-refractivity contribution is 5.67. The molecule has 2 rings (SSSR count). The van der Waals surface area contributed by atoms with Crippen LogP contribution in [0.4, 0.5) is 11.4 Å². The molecular formula is C9H10N2O. The van der Waals surface area contributed by atoms with Gasteiger partial charge >= 0.3 is 0 Å². The number of hydrogen-bond donors (Lipinski definition) is 1. The van der Waals surface area contributed by atoms with Gasteiger partial charge in [-0.05, 0) is 35.6 Å². The van der Waals surface area contributed by atoms with Crippen LogP contribution in [0.25, 0.3) is 0 Å². The van der Waals surface area contributed by atoms with Crippen molar-refractivity contribution in [2.24, 2.45) is 5.18 Å². The Bertz CT molecular complexity index is 318. The smallest absolute Gasteiger partial charge is 0.131 e. The molecule has 0 amide bonds. The maximum atomic E-state index is 10.3. The molecule has 0 aromatic heterocycles. The third-order valence-corrected chi connectivity index (χ3v) is 2.23. The Morgan fingerprint density at radius 2 is 2.17 bits per heavy atom. The number of para-hydroxylation sites is 1. The molecule has 1 aromatic carbocycles. The fraction of sp³-hybridized carbons (Fsp3) is 0.333. The van der Waals surface area contributed by atoms with E-state index in [1.807, 2.05) is 12.1 Å².